The van der Waals surface area contributed by atoms with Crippen molar-refractivity contribution in [2.75, 3.05) is 6.61 Å². The Morgan fingerprint density at radius 1 is 1.62 bits per heavy atom. The van der Waals surface area contributed by atoms with Crippen LogP contribution in [0.4, 0.5) is 0 Å². The van der Waals surface area contributed by atoms with Gasteiger partial charge in [-0.2, -0.15) is 0 Å². The SMILES string of the molecule is CC(C)COC=O.[AlH3]. The molecule has 0 radical (unpaired) electrons. The second-order valence-corrected chi connectivity index (χ2v) is 1.82. The van der Waals surface area contributed by atoms with Crippen molar-refractivity contribution in [3.05, 3.63) is 0 Å². The van der Waals surface area contributed by atoms with Crippen LogP contribution in [0.15, 0.2) is 0 Å². The van der Waals surface area contributed by atoms with Crippen LogP contribution in [0, 0.1) is 5.92 Å². The van der Waals surface area contributed by atoms with Crippen molar-refractivity contribution in [3.63, 3.8) is 0 Å². The molecule has 0 spiro atoms. The highest BCUT2D eigenvalue weighted by Crippen LogP contribution is 1.88. The molecular weight excluding hydrogens is 119 g/mol. The fourth-order valence-electron chi connectivity index (χ4n) is 0.232. The normalized spacial score (nSPS) is 7.88. The predicted octanol–water partition coefficient (Wildman–Crippen LogP) is -0.368. The number of hydrogen-bond acceptors (Lipinski definition) is 2. The number of ether oxygens (including phenoxy) is 1. The van der Waals surface area contributed by atoms with Gasteiger partial charge in [0.25, 0.3) is 6.47 Å². The number of hydrogen-bond donors (Lipinski definition) is 0. The summed E-state index contributed by atoms with van der Waals surface area (Å²) in [6.07, 6.45) is 0. The maximum Gasteiger partial charge on any atom is 0.293 e. The Labute approximate surface area is 60.3 Å². The Morgan fingerprint density at radius 2 is 2.12 bits per heavy atom. The van der Waals surface area contributed by atoms with Crippen LogP contribution >= 0.6 is 0 Å². The molecule has 0 bridgehead atoms. The van der Waals surface area contributed by atoms with Crippen molar-refractivity contribution in [2.45, 2.75) is 13.8 Å². The minimum Gasteiger partial charge on any atom is -0.468 e. The highest BCUT2D eigenvalue weighted by Gasteiger charge is 1.88. The van der Waals surface area contributed by atoms with E-state index in [0.717, 1.165) is 0 Å². The first-order valence-corrected chi connectivity index (χ1v) is 2.32. The monoisotopic (exact) mass is 132 g/mol. The molecule has 3 heteroatoms. The molecule has 0 N–H and O–H groups in total. The molecule has 48 valence electrons. The molecule has 0 aromatic heterocycles. The van der Waals surface area contributed by atoms with Crippen LogP contribution in [0.25, 0.3) is 0 Å². The van der Waals surface area contributed by atoms with Crippen LogP contribution in [0.5, 0.6) is 0 Å². The van der Waals surface area contributed by atoms with E-state index in [0.29, 0.717) is 19.0 Å². The zero-order chi connectivity index (χ0) is 5.70. The first kappa shape index (κ1) is 10.9. The summed E-state index contributed by atoms with van der Waals surface area (Å²) in [6, 6.07) is 0. The van der Waals surface area contributed by atoms with E-state index in [-0.39, 0.29) is 17.4 Å². The largest absolute Gasteiger partial charge is 0.468 e. The van der Waals surface area contributed by atoms with Crippen molar-refractivity contribution in [1.29, 1.82) is 0 Å². The molecular formula is C5H13AlO2. The van der Waals surface area contributed by atoms with Gasteiger partial charge in [0, 0.05) is 0 Å². The summed E-state index contributed by atoms with van der Waals surface area (Å²) in [5.74, 6) is 0.449. The molecule has 0 aromatic rings. The van der Waals surface area contributed by atoms with E-state index >= 15 is 0 Å². The van der Waals surface area contributed by atoms with Gasteiger partial charge in [-0.1, -0.05) is 13.8 Å². The summed E-state index contributed by atoms with van der Waals surface area (Å²) in [4.78, 5) is 9.49. The van der Waals surface area contributed by atoms with Crippen molar-refractivity contribution in [3.8, 4) is 0 Å². The summed E-state index contributed by atoms with van der Waals surface area (Å²) < 4.78 is 4.41. The van der Waals surface area contributed by atoms with Crippen molar-refractivity contribution in [1.82, 2.24) is 0 Å². The van der Waals surface area contributed by atoms with Crippen molar-refractivity contribution in [2.24, 2.45) is 5.92 Å². The molecule has 0 aromatic carbocycles. The summed E-state index contributed by atoms with van der Waals surface area (Å²) in [5, 5.41) is 0. The molecule has 0 fully saturated rings. The Morgan fingerprint density at radius 3 is 2.25 bits per heavy atom. The molecule has 0 aliphatic rings. The fraction of sp³-hybridized carbons (Fsp3) is 0.800. The lowest BCUT2D eigenvalue weighted by atomic mass is 10.2. The summed E-state index contributed by atoms with van der Waals surface area (Å²) in [7, 11) is 0. The molecule has 0 aliphatic carbocycles. The maximum atomic E-state index is 9.49. The molecule has 2 nitrogen and oxygen atoms in total. The van der Waals surface area contributed by atoms with E-state index in [2.05, 4.69) is 4.74 Å². The fourth-order valence-corrected chi connectivity index (χ4v) is 0.232. The van der Waals surface area contributed by atoms with Crippen LogP contribution in [-0.2, 0) is 9.53 Å². The van der Waals surface area contributed by atoms with Gasteiger partial charge in [-0.3, -0.25) is 4.79 Å². The Kier molecular flexibility index (Phi) is 9.53. The van der Waals surface area contributed by atoms with E-state index in [1.165, 1.54) is 0 Å². The van der Waals surface area contributed by atoms with Crippen LogP contribution < -0.4 is 0 Å². The molecule has 0 heterocycles. The number of carbonyl (C=O) groups excluding carboxylic acids is 1. The van der Waals surface area contributed by atoms with Crippen LogP contribution in [-0.4, -0.2) is 30.4 Å². The summed E-state index contributed by atoms with van der Waals surface area (Å²) in [6.45, 7) is 4.98. The van der Waals surface area contributed by atoms with E-state index in [1.807, 2.05) is 13.8 Å². The highest BCUT2D eigenvalue weighted by molar-refractivity contribution is 5.75. The second kappa shape index (κ2) is 7.00. The third kappa shape index (κ3) is 9.38. The lowest BCUT2D eigenvalue weighted by molar-refractivity contribution is -0.129. The Balaban J connectivity index is 0. The topological polar surface area (TPSA) is 26.3 Å². The standard InChI is InChI=1S/C5H10O2.Al.3H/c1-5(2)3-7-4-6;;;;/h4-5H,3H2,1-2H3;;;;. The zero-order valence-corrected chi connectivity index (χ0v) is 4.68. The van der Waals surface area contributed by atoms with E-state index < -0.39 is 0 Å². The quantitative estimate of drug-likeness (QED) is 0.387. The third-order valence-electron chi connectivity index (χ3n) is 0.498. The molecule has 0 amide bonds. The zero-order valence-electron chi connectivity index (χ0n) is 4.68. The van der Waals surface area contributed by atoms with Gasteiger partial charge in [-0.25, -0.2) is 0 Å². The molecule has 0 saturated carbocycles. The van der Waals surface area contributed by atoms with Gasteiger partial charge in [0.15, 0.2) is 17.4 Å². The van der Waals surface area contributed by atoms with Crippen molar-refractivity contribution >= 4 is 23.8 Å². The molecule has 0 rings (SSSR count). The Hall–Kier alpha value is 0.00247. The molecule has 0 aliphatic heterocycles. The average Bonchev–Trinajstić information content (AvgIpc) is 1.61. The average molecular weight is 132 g/mol. The van der Waals surface area contributed by atoms with Gasteiger partial charge in [-0.15, -0.1) is 0 Å². The molecule has 0 saturated heterocycles. The maximum absolute atomic E-state index is 9.49. The lowest BCUT2D eigenvalue weighted by Gasteiger charge is -1.98. The molecule has 0 unspecified atom stereocenters. The summed E-state index contributed by atoms with van der Waals surface area (Å²) in [5.41, 5.74) is 0. The Bertz CT molecular complexity index is 54.4. The predicted molar refractivity (Wildman–Crippen MR) is 36.8 cm³/mol. The third-order valence-corrected chi connectivity index (χ3v) is 0.498. The second-order valence-electron chi connectivity index (χ2n) is 1.82. The summed E-state index contributed by atoms with van der Waals surface area (Å²) >= 11 is 0. The van der Waals surface area contributed by atoms with Crippen molar-refractivity contribution < 1.29 is 9.53 Å². The first-order valence-electron chi connectivity index (χ1n) is 2.32. The van der Waals surface area contributed by atoms with Gasteiger partial charge in [-0.05, 0) is 5.92 Å². The van der Waals surface area contributed by atoms with Gasteiger partial charge in [0.05, 0.1) is 6.61 Å². The molecule has 8 heavy (non-hydrogen) atoms. The van der Waals surface area contributed by atoms with E-state index in [4.69, 9.17) is 0 Å². The van der Waals surface area contributed by atoms with Crippen LogP contribution in [0.2, 0.25) is 0 Å². The minimum absolute atomic E-state index is 0. The smallest absolute Gasteiger partial charge is 0.293 e. The first-order chi connectivity index (χ1) is 3.27. The van der Waals surface area contributed by atoms with Gasteiger partial charge in [0.2, 0.25) is 0 Å². The number of rotatable bonds is 3. The lowest BCUT2D eigenvalue weighted by Crippen LogP contribution is -1.98. The van der Waals surface area contributed by atoms with E-state index in [9.17, 15) is 4.79 Å². The van der Waals surface area contributed by atoms with Gasteiger partial charge < -0.3 is 4.74 Å². The van der Waals surface area contributed by atoms with Gasteiger partial charge >= 0.3 is 0 Å². The van der Waals surface area contributed by atoms with Crippen LogP contribution in [0.3, 0.4) is 0 Å². The number of carbonyl (C=O) groups is 1. The molecule has 0 atom stereocenters. The minimum atomic E-state index is 0. The van der Waals surface area contributed by atoms with Gasteiger partial charge in [0.1, 0.15) is 0 Å². The van der Waals surface area contributed by atoms with Crippen LogP contribution in [0.1, 0.15) is 13.8 Å². The highest BCUT2D eigenvalue weighted by atomic mass is 27.0. The van der Waals surface area contributed by atoms with E-state index in [1.54, 1.807) is 0 Å².